The summed E-state index contributed by atoms with van der Waals surface area (Å²) in [5.41, 5.74) is 5.14. The van der Waals surface area contributed by atoms with Crippen molar-refractivity contribution in [3.05, 3.63) is 93.8 Å². The van der Waals surface area contributed by atoms with Crippen molar-refractivity contribution in [1.29, 1.82) is 0 Å². The van der Waals surface area contributed by atoms with Crippen molar-refractivity contribution in [1.82, 2.24) is 0 Å². The maximum Gasteiger partial charge on any atom is 0.0830 e. The maximum atomic E-state index is 10.7. The van der Waals surface area contributed by atoms with Gasteiger partial charge in [0.15, 0.2) is 0 Å². The van der Waals surface area contributed by atoms with Gasteiger partial charge in [0.1, 0.15) is 0 Å². The first-order chi connectivity index (χ1) is 19.9. The number of hydrogen-bond acceptors (Lipinski definition) is 1. The van der Waals surface area contributed by atoms with Crippen LogP contribution in [0.1, 0.15) is 83.3 Å². The Morgan fingerprint density at radius 1 is 0.786 bits per heavy atom. The van der Waals surface area contributed by atoms with Crippen LogP contribution in [-0.4, -0.2) is 27.4 Å². The molecule has 42 heavy (non-hydrogen) atoms. The first kappa shape index (κ1) is 31.7. The maximum absolute atomic E-state index is 10.7. The molecule has 0 spiro atoms. The smallest absolute Gasteiger partial charge is 0.0830 e. The van der Waals surface area contributed by atoms with Gasteiger partial charge in [0.2, 0.25) is 0 Å². The van der Waals surface area contributed by atoms with Crippen molar-refractivity contribution in [2.24, 2.45) is 29.1 Å². The predicted octanol–water partition coefficient (Wildman–Crippen LogP) is 10.3. The third-order valence-electron chi connectivity index (χ3n) is 11.9. The van der Waals surface area contributed by atoms with Gasteiger partial charge in [-0.25, -0.2) is 0 Å². The summed E-state index contributed by atoms with van der Waals surface area (Å²) in [6, 6.07) is 24.4. The summed E-state index contributed by atoms with van der Waals surface area (Å²) in [7, 11) is -2.94. The molecule has 0 amide bonds. The Kier molecular flexibility index (Phi) is 9.62. The van der Waals surface area contributed by atoms with Crippen LogP contribution < -0.4 is 0 Å². The van der Waals surface area contributed by atoms with Crippen LogP contribution in [-0.2, 0) is 12.1 Å². The predicted molar refractivity (Wildman–Crippen MR) is 187 cm³/mol. The fraction of sp³-hybridized carbons (Fsp3) is 0.590. The Bertz CT molecular complexity index is 1260. The van der Waals surface area contributed by atoms with Gasteiger partial charge in [-0.2, -0.15) is 0 Å². The molecule has 2 saturated carbocycles. The standard InChI is InChI=1S/C20H30Si.C19H28OSi/c1-16-9-8-14-20(2)18(16)12-13-19(20)21(3,4)15-17-10-6-5-7-11-17;1-14-8-7-11-16-17(14)12-18(20)19(16)21(2,3)13-15-9-5-4-6-10-15/h5-7,10-11,13,16,18H,8-9,12,14-15H2,1-4H3;4-6,9-10,14,17-18,20H,7-8,11-13H2,1-3H3/t16-,18+,20+;14-,17+,18+/m11/s1. The number of aliphatic hydroxyl groups is 1. The summed E-state index contributed by atoms with van der Waals surface area (Å²) in [5, 5.41) is 14.1. The van der Waals surface area contributed by atoms with Crippen LogP contribution in [0.4, 0.5) is 0 Å². The van der Waals surface area contributed by atoms with E-state index in [1.165, 1.54) is 67.3 Å². The van der Waals surface area contributed by atoms with E-state index in [2.05, 4.69) is 114 Å². The Morgan fingerprint density at radius 2 is 1.36 bits per heavy atom. The molecule has 1 N–H and O–H groups in total. The number of benzene rings is 2. The van der Waals surface area contributed by atoms with Crippen molar-refractivity contribution in [3.8, 4) is 0 Å². The summed E-state index contributed by atoms with van der Waals surface area (Å²) in [4.78, 5) is 0. The normalized spacial score (nSPS) is 31.1. The molecule has 0 aliphatic heterocycles. The van der Waals surface area contributed by atoms with Crippen molar-refractivity contribution in [3.63, 3.8) is 0 Å². The zero-order valence-corrected chi connectivity index (χ0v) is 29.8. The van der Waals surface area contributed by atoms with Gasteiger partial charge in [0, 0.05) is 0 Å². The summed E-state index contributed by atoms with van der Waals surface area (Å²) in [5.74, 6) is 3.27. The van der Waals surface area contributed by atoms with Gasteiger partial charge in [0.05, 0.1) is 22.3 Å². The van der Waals surface area contributed by atoms with Gasteiger partial charge in [-0.3, -0.25) is 0 Å². The summed E-state index contributed by atoms with van der Waals surface area (Å²) >= 11 is 0. The van der Waals surface area contributed by atoms with Crippen molar-refractivity contribution in [2.75, 3.05) is 0 Å². The fourth-order valence-electron chi connectivity index (χ4n) is 10.1. The lowest BCUT2D eigenvalue weighted by Gasteiger charge is -2.46. The Balaban J connectivity index is 0.000000168. The van der Waals surface area contributed by atoms with E-state index in [4.69, 9.17) is 0 Å². The fourth-order valence-corrected chi connectivity index (χ4v) is 17.7. The highest BCUT2D eigenvalue weighted by atomic mass is 28.3. The average molecular weight is 599 g/mol. The van der Waals surface area contributed by atoms with E-state index in [-0.39, 0.29) is 6.10 Å². The van der Waals surface area contributed by atoms with Crippen LogP contribution in [0.25, 0.3) is 0 Å². The van der Waals surface area contributed by atoms with Gasteiger partial charge in [0.25, 0.3) is 0 Å². The first-order valence-electron chi connectivity index (χ1n) is 17.1. The molecule has 0 radical (unpaired) electrons. The average Bonchev–Trinajstić information content (AvgIpc) is 3.49. The summed E-state index contributed by atoms with van der Waals surface area (Å²) < 4.78 is 0. The van der Waals surface area contributed by atoms with Crippen LogP contribution in [0.5, 0.6) is 0 Å². The first-order valence-corrected chi connectivity index (χ1v) is 23.5. The second-order valence-corrected chi connectivity index (χ2v) is 25.3. The monoisotopic (exact) mass is 598 g/mol. The minimum atomic E-state index is -1.58. The lowest BCUT2D eigenvalue weighted by Crippen LogP contribution is -2.44. The Morgan fingerprint density at radius 3 is 1.98 bits per heavy atom. The van der Waals surface area contributed by atoms with Gasteiger partial charge >= 0.3 is 0 Å². The van der Waals surface area contributed by atoms with E-state index >= 15 is 0 Å². The molecule has 2 aromatic rings. The molecule has 0 unspecified atom stereocenters. The highest BCUT2D eigenvalue weighted by Gasteiger charge is 2.50. The highest BCUT2D eigenvalue weighted by molar-refractivity contribution is 6.84. The molecule has 1 nitrogen and oxygen atoms in total. The van der Waals surface area contributed by atoms with Gasteiger partial charge in [-0.05, 0) is 79.7 Å². The molecule has 6 atom stereocenters. The van der Waals surface area contributed by atoms with Gasteiger partial charge in [-0.15, -0.1) is 0 Å². The molecule has 0 heterocycles. The van der Waals surface area contributed by atoms with Crippen molar-refractivity contribution in [2.45, 2.75) is 117 Å². The number of hydrogen-bond donors (Lipinski definition) is 1. The van der Waals surface area contributed by atoms with E-state index in [1.54, 1.807) is 5.57 Å². The van der Waals surface area contributed by atoms with E-state index in [1.807, 2.05) is 5.20 Å². The SMILES string of the molecule is C[C@@H]1CCCC2=C([Si](C)(C)Cc3ccccc3)[C@@H](O)C[C@H]21.C[C@@H]1CCC[C@]2(C)C([Si](C)(C)Cc3ccccc3)=CC[C@@H]12. The van der Waals surface area contributed by atoms with E-state index in [9.17, 15) is 5.11 Å². The lowest BCUT2D eigenvalue weighted by molar-refractivity contribution is 0.124. The minimum absolute atomic E-state index is 0.157. The molecule has 3 heteroatoms. The molecule has 0 bridgehead atoms. The molecular formula is C39H58OSi2. The number of allylic oxidation sites excluding steroid dienone is 3. The molecule has 4 aliphatic carbocycles. The highest BCUT2D eigenvalue weighted by Crippen LogP contribution is 2.57. The van der Waals surface area contributed by atoms with Crippen LogP contribution in [0.2, 0.25) is 26.2 Å². The van der Waals surface area contributed by atoms with E-state index < -0.39 is 16.1 Å². The van der Waals surface area contributed by atoms with Crippen molar-refractivity contribution < 1.29 is 5.11 Å². The molecule has 0 saturated heterocycles. The zero-order valence-electron chi connectivity index (χ0n) is 27.8. The second-order valence-electron chi connectivity index (χ2n) is 16.0. The van der Waals surface area contributed by atoms with Crippen LogP contribution in [0.3, 0.4) is 0 Å². The van der Waals surface area contributed by atoms with Crippen LogP contribution >= 0.6 is 0 Å². The van der Waals surface area contributed by atoms with Crippen LogP contribution in [0, 0.1) is 29.1 Å². The number of rotatable bonds is 6. The molecule has 228 valence electrons. The van der Waals surface area contributed by atoms with Crippen molar-refractivity contribution >= 4 is 16.1 Å². The summed E-state index contributed by atoms with van der Waals surface area (Å²) in [6.07, 6.45) is 13.1. The second kappa shape index (κ2) is 12.7. The van der Waals surface area contributed by atoms with Crippen LogP contribution in [0.15, 0.2) is 82.7 Å². The molecular weight excluding hydrogens is 541 g/mol. The minimum Gasteiger partial charge on any atom is -0.389 e. The number of aliphatic hydroxyl groups excluding tert-OH is 1. The lowest BCUT2D eigenvalue weighted by atomic mass is 9.65. The molecule has 2 aromatic carbocycles. The third kappa shape index (κ3) is 6.54. The molecule has 6 rings (SSSR count). The number of fused-ring (bicyclic) bond motifs is 2. The zero-order chi connectivity index (χ0) is 30.1. The molecule has 4 aliphatic rings. The quantitative estimate of drug-likeness (QED) is 0.328. The van der Waals surface area contributed by atoms with E-state index in [0.29, 0.717) is 11.3 Å². The Labute approximate surface area is 260 Å². The largest absolute Gasteiger partial charge is 0.389 e. The van der Waals surface area contributed by atoms with Gasteiger partial charge in [-0.1, -0.05) is 154 Å². The summed E-state index contributed by atoms with van der Waals surface area (Å²) in [6.45, 7) is 17.6. The van der Waals surface area contributed by atoms with E-state index in [0.717, 1.165) is 30.2 Å². The van der Waals surface area contributed by atoms with Gasteiger partial charge < -0.3 is 5.11 Å². The Hall–Kier alpha value is -1.69. The molecule has 2 fully saturated rings. The molecule has 0 aromatic heterocycles. The third-order valence-corrected chi connectivity index (χ3v) is 18.8. The topological polar surface area (TPSA) is 20.2 Å².